The van der Waals surface area contributed by atoms with Crippen molar-refractivity contribution in [2.75, 3.05) is 18.4 Å². The molecule has 4 aromatic rings. The Balaban J connectivity index is 1.28. The third kappa shape index (κ3) is 6.07. The Bertz CT molecular complexity index is 1230. The van der Waals surface area contributed by atoms with Crippen molar-refractivity contribution in [3.8, 4) is 0 Å². The maximum Gasteiger partial charge on any atom is 0.253 e. The smallest absolute Gasteiger partial charge is 0.253 e. The van der Waals surface area contributed by atoms with Gasteiger partial charge in [-0.05, 0) is 56.5 Å². The molecule has 9 heteroatoms. The number of aryl methyl sites for hydroxylation is 2. The predicted molar refractivity (Wildman–Crippen MR) is 131 cm³/mol. The summed E-state index contributed by atoms with van der Waals surface area (Å²) in [6, 6.07) is 15.4. The molecule has 4 rings (SSSR count). The quantitative estimate of drug-likeness (QED) is 0.272. The van der Waals surface area contributed by atoms with Crippen LogP contribution in [0.25, 0.3) is 5.78 Å². The van der Waals surface area contributed by atoms with Crippen molar-refractivity contribution in [1.82, 2.24) is 29.9 Å². The normalized spacial score (nSPS) is 11.0. The average molecular weight is 462 g/mol. The van der Waals surface area contributed by atoms with Gasteiger partial charge in [0.1, 0.15) is 5.82 Å². The first kappa shape index (κ1) is 22.7. The van der Waals surface area contributed by atoms with Crippen LogP contribution < -0.4 is 10.6 Å². The van der Waals surface area contributed by atoms with E-state index < -0.39 is 0 Å². The van der Waals surface area contributed by atoms with Crippen molar-refractivity contribution in [3.05, 3.63) is 77.2 Å². The van der Waals surface area contributed by atoms with Crippen LogP contribution in [0.1, 0.15) is 40.2 Å². The molecule has 0 spiro atoms. The standard InChI is InChI=1S/C24H27N7OS/c1-17-15-18(2)31-23(28-17)29-24(30-31)33-16-19-9-3-4-10-20(19)22(32)27-14-8-7-13-26-21-11-5-6-12-25-21/h3-6,9-12,15H,7-8,13-14,16H2,1-2H3,(H,25,26)(H,27,32). The maximum absolute atomic E-state index is 12.8. The minimum Gasteiger partial charge on any atom is -0.370 e. The molecule has 0 aliphatic heterocycles. The molecule has 0 bridgehead atoms. The summed E-state index contributed by atoms with van der Waals surface area (Å²) >= 11 is 1.50. The van der Waals surface area contributed by atoms with Gasteiger partial charge in [-0.15, -0.1) is 5.10 Å². The molecule has 1 amide bonds. The summed E-state index contributed by atoms with van der Waals surface area (Å²) in [5, 5.41) is 11.5. The van der Waals surface area contributed by atoms with Gasteiger partial charge in [-0.2, -0.15) is 4.98 Å². The molecule has 0 aliphatic rings. The number of thioether (sulfide) groups is 1. The monoisotopic (exact) mass is 461 g/mol. The van der Waals surface area contributed by atoms with E-state index in [1.807, 2.05) is 62.4 Å². The van der Waals surface area contributed by atoms with E-state index in [0.717, 1.165) is 42.2 Å². The summed E-state index contributed by atoms with van der Waals surface area (Å²) in [5.41, 5.74) is 3.55. The Morgan fingerprint density at radius 3 is 2.70 bits per heavy atom. The fourth-order valence-corrected chi connectivity index (χ4v) is 4.27. The lowest BCUT2D eigenvalue weighted by atomic mass is 10.1. The summed E-state index contributed by atoms with van der Waals surface area (Å²) < 4.78 is 1.75. The number of fused-ring (bicyclic) bond motifs is 1. The van der Waals surface area contributed by atoms with Gasteiger partial charge in [-0.1, -0.05) is 36.0 Å². The number of anilines is 1. The lowest BCUT2D eigenvalue weighted by Crippen LogP contribution is -2.25. The zero-order valence-electron chi connectivity index (χ0n) is 18.8. The van der Waals surface area contributed by atoms with Crippen LogP contribution in [-0.2, 0) is 5.75 Å². The van der Waals surface area contributed by atoms with E-state index >= 15 is 0 Å². The highest BCUT2D eigenvalue weighted by Crippen LogP contribution is 2.22. The minimum absolute atomic E-state index is 0.0556. The highest BCUT2D eigenvalue weighted by molar-refractivity contribution is 7.98. The van der Waals surface area contributed by atoms with Crippen LogP contribution in [0.4, 0.5) is 5.82 Å². The second-order valence-corrected chi connectivity index (χ2v) is 8.64. The molecule has 3 aromatic heterocycles. The molecule has 8 nitrogen and oxygen atoms in total. The number of pyridine rings is 1. The molecule has 1 aromatic carbocycles. The highest BCUT2D eigenvalue weighted by atomic mass is 32.2. The molecular weight excluding hydrogens is 434 g/mol. The van der Waals surface area contributed by atoms with Gasteiger partial charge in [0.05, 0.1) is 0 Å². The Morgan fingerprint density at radius 1 is 1.03 bits per heavy atom. The zero-order chi connectivity index (χ0) is 23.0. The van der Waals surface area contributed by atoms with Crippen molar-refractivity contribution in [2.45, 2.75) is 37.6 Å². The van der Waals surface area contributed by atoms with Gasteiger partial charge >= 0.3 is 0 Å². The van der Waals surface area contributed by atoms with Crippen molar-refractivity contribution in [2.24, 2.45) is 0 Å². The molecule has 3 heterocycles. The van der Waals surface area contributed by atoms with Crippen LogP contribution in [0.15, 0.2) is 59.9 Å². The van der Waals surface area contributed by atoms with Crippen molar-refractivity contribution in [1.29, 1.82) is 0 Å². The van der Waals surface area contributed by atoms with Crippen LogP contribution >= 0.6 is 11.8 Å². The van der Waals surface area contributed by atoms with Crippen LogP contribution in [0.3, 0.4) is 0 Å². The number of carbonyl (C=O) groups is 1. The molecule has 0 aliphatic carbocycles. The number of aromatic nitrogens is 5. The number of rotatable bonds is 10. The van der Waals surface area contributed by atoms with Crippen molar-refractivity contribution in [3.63, 3.8) is 0 Å². The van der Waals surface area contributed by atoms with Gasteiger partial charge in [0.15, 0.2) is 0 Å². The van der Waals surface area contributed by atoms with Gasteiger partial charge < -0.3 is 10.6 Å². The SMILES string of the molecule is Cc1cc(C)n2nc(SCc3ccccc3C(=O)NCCCCNc3ccccn3)nc2n1. The fraction of sp³-hybridized carbons (Fsp3) is 0.292. The number of hydrogen-bond donors (Lipinski definition) is 2. The van der Waals surface area contributed by atoms with Gasteiger partial charge in [-0.25, -0.2) is 14.5 Å². The first-order valence-electron chi connectivity index (χ1n) is 10.9. The summed E-state index contributed by atoms with van der Waals surface area (Å²) in [4.78, 5) is 26.0. The van der Waals surface area contributed by atoms with Gasteiger partial charge in [-0.3, -0.25) is 4.79 Å². The van der Waals surface area contributed by atoms with E-state index in [2.05, 4.69) is 30.7 Å². The third-order valence-electron chi connectivity index (χ3n) is 5.08. The van der Waals surface area contributed by atoms with Crippen molar-refractivity contribution < 1.29 is 4.79 Å². The molecule has 0 saturated carbocycles. The van der Waals surface area contributed by atoms with E-state index in [-0.39, 0.29) is 5.91 Å². The zero-order valence-corrected chi connectivity index (χ0v) is 19.6. The number of carbonyl (C=O) groups excluding carboxylic acids is 1. The molecule has 0 saturated heterocycles. The van der Waals surface area contributed by atoms with Crippen LogP contribution in [0.2, 0.25) is 0 Å². The fourth-order valence-electron chi connectivity index (χ4n) is 3.45. The first-order valence-corrected chi connectivity index (χ1v) is 11.9. The summed E-state index contributed by atoms with van der Waals surface area (Å²) in [5.74, 6) is 2.01. The Morgan fingerprint density at radius 2 is 1.85 bits per heavy atom. The summed E-state index contributed by atoms with van der Waals surface area (Å²) in [7, 11) is 0. The molecule has 0 fully saturated rings. The van der Waals surface area contributed by atoms with E-state index in [4.69, 9.17) is 0 Å². The van der Waals surface area contributed by atoms with Crippen LogP contribution in [0.5, 0.6) is 0 Å². The molecule has 0 radical (unpaired) electrons. The Hall–Kier alpha value is -3.46. The van der Waals surface area contributed by atoms with Gasteiger partial charge in [0.25, 0.3) is 11.7 Å². The Labute approximate surface area is 197 Å². The Kier molecular flexibility index (Phi) is 7.51. The predicted octanol–water partition coefficient (Wildman–Crippen LogP) is 4.05. The molecule has 33 heavy (non-hydrogen) atoms. The maximum atomic E-state index is 12.8. The molecule has 170 valence electrons. The lowest BCUT2D eigenvalue weighted by Gasteiger charge is -2.10. The second-order valence-electron chi connectivity index (χ2n) is 7.70. The third-order valence-corrected chi connectivity index (χ3v) is 5.96. The van der Waals surface area contributed by atoms with Crippen molar-refractivity contribution >= 4 is 29.3 Å². The molecular formula is C24H27N7OS. The number of amides is 1. The molecule has 0 atom stereocenters. The minimum atomic E-state index is -0.0556. The molecule has 0 unspecified atom stereocenters. The van der Waals surface area contributed by atoms with E-state index in [1.165, 1.54) is 11.8 Å². The topological polar surface area (TPSA) is 97.1 Å². The first-order chi connectivity index (χ1) is 16.1. The highest BCUT2D eigenvalue weighted by Gasteiger charge is 2.13. The van der Waals surface area contributed by atoms with E-state index in [1.54, 1.807) is 10.7 Å². The van der Waals surface area contributed by atoms with Crippen LogP contribution in [0, 0.1) is 13.8 Å². The second kappa shape index (κ2) is 10.9. The number of nitrogens with one attached hydrogen (secondary N) is 2. The van der Waals surface area contributed by atoms with E-state index in [0.29, 0.717) is 28.8 Å². The average Bonchev–Trinajstić information content (AvgIpc) is 3.24. The van der Waals surface area contributed by atoms with E-state index in [9.17, 15) is 4.79 Å². The van der Waals surface area contributed by atoms with Gasteiger partial charge in [0, 0.05) is 42.0 Å². The largest absolute Gasteiger partial charge is 0.370 e. The molecule has 2 N–H and O–H groups in total. The number of nitrogens with zero attached hydrogens (tertiary/aromatic N) is 5. The number of unbranched alkanes of at least 4 members (excludes halogenated alkanes) is 1. The summed E-state index contributed by atoms with van der Waals surface area (Å²) in [6.45, 7) is 5.38. The summed E-state index contributed by atoms with van der Waals surface area (Å²) in [6.07, 6.45) is 3.60. The van der Waals surface area contributed by atoms with Gasteiger partial charge in [0.2, 0.25) is 5.16 Å². The number of benzene rings is 1. The number of hydrogen-bond acceptors (Lipinski definition) is 7. The van der Waals surface area contributed by atoms with Crippen LogP contribution in [-0.4, -0.2) is 43.6 Å². The lowest BCUT2D eigenvalue weighted by molar-refractivity contribution is 0.0952.